The zero-order valence-corrected chi connectivity index (χ0v) is 22.3. The van der Waals surface area contributed by atoms with Gasteiger partial charge < -0.3 is 33.7 Å². The summed E-state index contributed by atoms with van der Waals surface area (Å²) in [6.07, 6.45) is 4.06. The van der Waals surface area contributed by atoms with E-state index in [2.05, 4.69) is 20.2 Å². The topological polar surface area (TPSA) is 100.0 Å². The summed E-state index contributed by atoms with van der Waals surface area (Å²) in [5.74, 6) is -0.177. The number of amides is 1. The van der Waals surface area contributed by atoms with Crippen LogP contribution in [0.25, 0.3) is 11.0 Å². The number of hydrogen-bond acceptors (Lipinski definition) is 8. The van der Waals surface area contributed by atoms with Gasteiger partial charge in [-0.3, -0.25) is 0 Å². The van der Waals surface area contributed by atoms with Gasteiger partial charge in [0.05, 0.1) is 5.39 Å². The van der Waals surface area contributed by atoms with Crippen molar-refractivity contribution in [3.8, 4) is 0 Å². The van der Waals surface area contributed by atoms with Crippen LogP contribution >= 0.6 is 11.6 Å². The fraction of sp³-hybridized carbons (Fsp3) is 0.720. The van der Waals surface area contributed by atoms with E-state index in [1.807, 2.05) is 51.4 Å². The summed E-state index contributed by atoms with van der Waals surface area (Å²) >= 11 is 6.27. The van der Waals surface area contributed by atoms with E-state index in [1.54, 1.807) is 0 Å². The van der Waals surface area contributed by atoms with Crippen LogP contribution in [0.5, 0.6) is 0 Å². The Bertz CT molecular complexity index is 1100. The van der Waals surface area contributed by atoms with Gasteiger partial charge >= 0.3 is 6.09 Å². The molecule has 0 bridgehead atoms. The van der Waals surface area contributed by atoms with Crippen molar-refractivity contribution in [1.29, 1.82) is 0 Å². The SMILES string of the molecule is CC(C)(C)OC(=O)NCCC1CCN(C[C@H]2O[C@@H](n3ccc4c(Cl)ncnc43)[C@@H]3OC(C)(C)O[C@@H]32)C1. The van der Waals surface area contributed by atoms with Gasteiger partial charge in [-0.25, -0.2) is 14.8 Å². The van der Waals surface area contributed by atoms with Crippen molar-refractivity contribution in [2.75, 3.05) is 26.2 Å². The highest BCUT2D eigenvalue weighted by molar-refractivity contribution is 6.33. The first-order valence-corrected chi connectivity index (χ1v) is 13.0. The number of fused-ring (bicyclic) bond motifs is 2. The molecule has 0 aliphatic carbocycles. The zero-order valence-electron chi connectivity index (χ0n) is 21.6. The number of nitrogens with one attached hydrogen (secondary N) is 1. The Morgan fingerprint density at radius 2 is 2.06 bits per heavy atom. The van der Waals surface area contributed by atoms with Gasteiger partial charge in [0.15, 0.2) is 12.0 Å². The van der Waals surface area contributed by atoms with E-state index >= 15 is 0 Å². The molecule has 1 amide bonds. The summed E-state index contributed by atoms with van der Waals surface area (Å²) in [6, 6.07) is 1.90. The molecule has 5 atom stereocenters. The fourth-order valence-electron chi connectivity index (χ4n) is 5.44. The highest BCUT2D eigenvalue weighted by Gasteiger charge is 2.56. The van der Waals surface area contributed by atoms with Gasteiger partial charge in [-0.1, -0.05) is 11.6 Å². The summed E-state index contributed by atoms with van der Waals surface area (Å²) < 4.78 is 26.5. The molecule has 0 spiro atoms. The molecule has 0 radical (unpaired) electrons. The predicted octanol–water partition coefficient (Wildman–Crippen LogP) is 3.74. The third-order valence-corrected chi connectivity index (χ3v) is 7.19. The van der Waals surface area contributed by atoms with Crippen LogP contribution in [-0.2, 0) is 18.9 Å². The minimum atomic E-state index is -0.688. The lowest BCUT2D eigenvalue weighted by atomic mass is 10.1. The van der Waals surface area contributed by atoms with Crippen molar-refractivity contribution < 1.29 is 23.7 Å². The second-order valence-corrected chi connectivity index (χ2v) is 11.7. The standard InChI is InChI=1S/C25H36ClN5O5/c1-24(2,3)36-23(32)27-9-6-15-7-10-30(12-15)13-17-18-19(35-25(4,5)34-18)22(33-17)31-11-8-16-20(26)28-14-29-21(16)31/h8,11,14-15,17-19,22H,6-7,9-10,12-13H2,1-5H3,(H,27,32)/t15?,17-,18-,19-,22-/m1/s1. The summed E-state index contributed by atoms with van der Waals surface area (Å²) in [5.41, 5.74) is 0.226. The molecule has 11 heteroatoms. The van der Waals surface area contributed by atoms with E-state index in [-0.39, 0.29) is 30.6 Å². The highest BCUT2D eigenvalue weighted by atomic mass is 35.5. The van der Waals surface area contributed by atoms with Gasteiger partial charge in [-0.05, 0) is 66.0 Å². The number of alkyl carbamates (subject to hydrolysis) is 1. The third kappa shape index (κ3) is 5.47. The van der Waals surface area contributed by atoms with Crippen molar-refractivity contribution in [3.05, 3.63) is 23.7 Å². The Morgan fingerprint density at radius 3 is 2.83 bits per heavy atom. The van der Waals surface area contributed by atoms with E-state index in [4.69, 9.17) is 30.5 Å². The summed E-state index contributed by atoms with van der Waals surface area (Å²) in [4.78, 5) is 22.8. The lowest BCUT2D eigenvalue weighted by Crippen LogP contribution is -2.39. The Hall–Kier alpha value is -1.98. The number of carbonyl (C=O) groups is 1. The summed E-state index contributed by atoms with van der Waals surface area (Å²) in [5, 5.41) is 4.07. The number of likely N-dealkylation sites (tertiary alicyclic amines) is 1. The zero-order chi connectivity index (χ0) is 25.7. The maximum Gasteiger partial charge on any atom is 0.407 e. The molecule has 2 aromatic rings. The molecule has 1 unspecified atom stereocenters. The number of hydrogen-bond donors (Lipinski definition) is 1. The predicted molar refractivity (Wildman–Crippen MR) is 134 cm³/mol. The van der Waals surface area contributed by atoms with Crippen LogP contribution in [0.4, 0.5) is 4.79 Å². The number of halogens is 1. The van der Waals surface area contributed by atoms with Crippen molar-refractivity contribution in [2.24, 2.45) is 5.92 Å². The van der Waals surface area contributed by atoms with Crippen LogP contribution in [0.15, 0.2) is 18.6 Å². The second-order valence-electron chi connectivity index (χ2n) is 11.4. The molecule has 36 heavy (non-hydrogen) atoms. The number of carbonyl (C=O) groups excluding carboxylic acids is 1. The Morgan fingerprint density at radius 1 is 1.28 bits per heavy atom. The molecule has 0 saturated carbocycles. The fourth-order valence-corrected chi connectivity index (χ4v) is 5.63. The average molecular weight is 522 g/mol. The molecular weight excluding hydrogens is 486 g/mol. The van der Waals surface area contributed by atoms with E-state index in [0.717, 1.165) is 37.9 Å². The molecule has 198 valence electrons. The van der Waals surface area contributed by atoms with Crippen LogP contribution in [0.3, 0.4) is 0 Å². The van der Waals surface area contributed by atoms with Crippen LogP contribution in [0.2, 0.25) is 5.15 Å². The molecule has 2 aromatic heterocycles. The normalized spacial score (nSPS) is 30.1. The van der Waals surface area contributed by atoms with Crippen molar-refractivity contribution in [1.82, 2.24) is 24.8 Å². The largest absolute Gasteiger partial charge is 0.444 e. The Kier molecular flexibility index (Phi) is 6.93. The Balaban J connectivity index is 1.20. The minimum absolute atomic E-state index is 0.143. The maximum absolute atomic E-state index is 11.9. The highest BCUT2D eigenvalue weighted by Crippen LogP contribution is 2.44. The maximum atomic E-state index is 11.9. The molecule has 3 fully saturated rings. The molecule has 3 aliphatic rings. The summed E-state index contributed by atoms with van der Waals surface area (Å²) in [7, 11) is 0. The molecule has 5 rings (SSSR count). The number of ether oxygens (including phenoxy) is 4. The van der Waals surface area contributed by atoms with Crippen molar-refractivity contribution in [3.63, 3.8) is 0 Å². The van der Waals surface area contributed by atoms with E-state index in [0.29, 0.717) is 23.3 Å². The van der Waals surface area contributed by atoms with Crippen LogP contribution in [0.1, 0.15) is 53.7 Å². The lowest BCUT2D eigenvalue weighted by Gasteiger charge is -2.27. The van der Waals surface area contributed by atoms with Crippen molar-refractivity contribution >= 4 is 28.7 Å². The van der Waals surface area contributed by atoms with Gasteiger partial charge in [-0.2, -0.15) is 0 Å². The molecule has 5 heterocycles. The first kappa shape index (κ1) is 25.7. The van der Waals surface area contributed by atoms with Crippen LogP contribution in [-0.4, -0.2) is 81.4 Å². The molecule has 1 N–H and O–H groups in total. The van der Waals surface area contributed by atoms with E-state index in [1.165, 1.54) is 6.33 Å². The van der Waals surface area contributed by atoms with Gasteiger partial charge in [0, 0.05) is 25.8 Å². The lowest BCUT2D eigenvalue weighted by molar-refractivity contribution is -0.197. The number of nitrogens with zero attached hydrogens (tertiary/aromatic N) is 4. The van der Waals surface area contributed by atoms with Gasteiger partial charge in [-0.15, -0.1) is 0 Å². The van der Waals surface area contributed by atoms with Crippen molar-refractivity contribution in [2.45, 2.75) is 83.4 Å². The number of aromatic nitrogens is 3. The van der Waals surface area contributed by atoms with Gasteiger partial charge in [0.2, 0.25) is 0 Å². The first-order chi connectivity index (χ1) is 17.0. The van der Waals surface area contributed by atoms with Gasteiger partial charge in [0.1, 0.15) is 41.0 Å². The molecule has 10 nitrogen and oxygen atoms in total. The van der Waals surface area contributed by atoms with E-state index < -0.39 is 11.4 Å². The molecule has 3 saturated heterocycles. The minimum Gasteiger partial charge on any atom is -0.444 e. The van der Waals surface area contributed by atoms with Crippen LogP contribution < -0.4 is 5.32 Å². The number of rotatable bonds is 6. The second kappa shape index (κ2) is 9.72. The first-order valence-electron chi connectivity index (χ1n) is 12.7. The average Bonchev–Trinajstić information content (AvgIpc) is 3.52. The molecule has 3 aliphatic heterocycles. The van der Waals surface area contributed by atoms with Crippen LogP contribution in [0, 0.1) is 5.92 Å². The summed E-state index contributed by atoms with van der Waals surface area (Å²) in [6.45, 7) is 12.8. The smallest absolute Gasteiger partial charge is 0.407 e. The quantitative estimate of drug-likeness (QED) is 0.574. The third-order valence-electron chi connectivity index (χ3n) is 6.89. The Labute approximate surface area is 216 Å². The molecule has 0 aromatic carbocycles. The molecular formula is C25H36ClN5O5. The van der Waals surface area contributed by atoms with Gasteiger partial charge in [0.25, 0.3) is 0 Å². The van der Waals surface area contributed by atoms with E-state index in [9.17, 15) is 4.79 Å². The monoisotopic (exact) mass is 521 g/mol.